The van der Waals surface area contributed by atoms with Crippen LogP contribution in [0.3, 0.4) is 0 Å². The molecule has 1 unspecified atom stereocenters. The molecule has 1 aromatic carbocycles. The highest BCUT2D eigenvalue weighted by Gasteiger charge is 2.21. The van der Waals surface area contributed by atoms with Crippen molar-refractivity contribution < 1.29 is 0 Å². The molecule has 2 nitrogen and oxygen atoms in total. The Morgan fingerprint density at radius 3 is 3.00 bits per heavy atom. The first-order valence-corrected chi connectivity index (χ1v) is 7.26. The molecule has 0 spiro atoms. The summed E-state index contributed by atoms with van der Waals surface area (Å²) in [5, 5.41) is 0.796. The molecule has 1 saturated heterocycles. The summed E-state index contributed by atoms with van der Waals surface area (Å²) in [6, 6.07) is 6.48. The van der Waals surface area contributed by atoms with E-state index < -0.39 is 0 Å². The minimum absolute atomic E-state index is 0.523. The minimum Gasteiger partial charge on any atom is -0.329 e. The molecule has 0 amide bonds. The maximum Gasteiger partial charge on any atom is 0.0410 e. The Morgan fingerprint density at radius 1 is 1.41 bits per heavy atom. The molecule has 2 N–H and O–H groups in total. The van der Waals surface area contributed by atoms with Crippen molar-refractivity contribution in [1.82, 2.24) is 4.90 Å². The second kappa shape index (κ2) is 6.19. The van der Waals surface area contributed by atoms with Gasteiger partial charge < -0.3 is 5.73 Å². The van der Waals surface area contributed by atoms with Gasteiger partial charge in [0.2, 0.25) is 0 Å². The molecule has 0 aliphatic carbocycles. The van der Waals surface area contributed by atoms with Gasteiger partial charge >= 0.3 is 0 Å². The normalized spacial score (nSPS) is 21.7. The molecule has 0 radical (unpaired) electrons. The van der Waals surface area contributed by atoms with Gasteiger partial charge in [0.15, 0.2) is 0 Å². The second-order valence-corrected chi connectivity index (χ2v) is 5.88. The van der Waals surface area contributed by atoms with E-state index >= 15 is 0 Å². The summed E-state index contributed by atoms with van der Waals surface area (Å²) in [5.41, 5.74) is 7.08. The van der Waals surface area contributed by atoms with E-state index in [1.54, 1.807) is 0 Å². The SMILES string of the molecule is NCC1CCCCN1Cc1cc(Cl)ccc1Br. The quantitative estimate of drug-likeness (QED) is 0.925. The van der Waals surface area contributed by atoms with Gasteiger partial charge in [-0.3, -0.25) is 4.90 Å². The van der Waals surface area contributed by atoms with Gasteiger partial charge in [0.25, 0.3) is 0 Å². The Hall–Kier alpha value is -0.0900. The summed E-state index contributed by atoms with van der Waals surface area (Å²) in [6.45, 7) is 2.82. The Morgan fingerprint density at radius 2 is 2.24 bits per heavy atom. The van der Waals surface area contributed by atoms with Gasteiger partial charge in [0.05, 0.1) is 0 Å². The van der Waals surface area contributed by atoms with Crippen molar-refractivity contribution in [2.45, 2.75) is 31.8 Å². The van der Waals surface area contributed by atoms with Crippen LogP contribution < -0.4 is 5.73 Å². The van der Waals surface area contributed by atoms with E-state index in [0.29, 0.717) is 6.04 Å². The van der Waals surface area contributed by atoms with E-state index in [1.807, 2.05) is 18.2 Å². The van der Waals surface area contributed by atoms with Gasteiger partial charge in [-0.15, -0.1) is 0 Å². The molecule has 0 aromatic heterocycles. The number of rotatable bonds is 3. The third-order valence-corrected chi connectivity index (χ3v) is 4.41. The smallest absolute Gasteiger partial charge is 0.0410 e. The van der Waals surface area contributed by atoms with Crippen molar-refractivity contribution in [3.05, 3.63) is 33.3 Å². The fraction of sp³-hybridized carbons (Fsp3) is 0.538. The number of halogens is 2. The zero-order valence-corrected chi connectivity index (χ0v) is 12.2. The van der Waals surface area contributed by atoms with E-state index in [4.69, 9.17) is 17.3 Å². The topological polar surface area (TPSA) is 29.3 Å². The molecular formula is C13H18BrClN2. The number of likely N-dealkylation sites (tertiary alicyclic amines) is 1. The van der Waals surface area contributed by atoms with Crippen LogP contribution in [0.4, 0.5) is 0 Å². The summed E-state index contributed by atoms with van der Waals surface area (Å²) in [4.78, 5) is 2.47. The van der Waals surface area contributed by atoms with Crippen LogP contribution in [0.1, 0.15) is 24.8 Å². The zero-order chi connectivity index (χ0) is 12.3. The van der Waals surface area contributed by atoms with Gasteiger partial charge in [-0.2, -0.15) is 0 Å². The molecule has 94 valence electrons. The Bertz CT molecular complexity index is 384. The first-order valence-electron chi connectivity index (χ1n) is 6.08. The number of hydrogen-bond donors (Lipinski definition) is 1. The lowest BCUT2D eigenvalue weighted by Crippen LogP contribution is -2.43. The minimum atomic E-state index is 0.523. The predicted octanol–water partition coefficient (Wildman–Crippen LogP) is 3.42. The van der Waals surface area contributed by atoms with Gasteiger partial charge in [-0.1, -0.05) is 34.0 Å². The lowest BCUT2D eigenvalue weighted by atomic mass is 10.0. The van der Waals surface area contributed by atoms with E-state index in [1.165, 1.54) is 24.8 Å². The Kier molecular flexibility index (Phi) is 4.86. The fourth-order valence-electron chi connectivity index (χ4n) is 2.42. The Balaban J connectivity index is 2.10. The van der Waals surface area contributed by atoms with Gasteiger partial charge in [0.1, 0.15) is 0 Å². The summed E-state index contributed by atoms with van der Waals surface area (Å²) >= 11 is 9.62. The first-order chi connectivity index (χ1) is 8.20. The predicted molar refractivity (Wildman–Crippen MR) is 76.3 cm³/mol. The second-order valence-electron chi connectivity index (χ2n) is 4.59. The van der Waals surface area contributed by atoms with Crippen molar-refractivity contribution in [2.24, 2.45) is 5.73 Å². The maximum absolute atomic E-state index is 6.04. The average Bonchev–Trinajstić information content (AvgIpc) is 2.34. The molecule has 0 saturated carbocycles. The lowest BCUT2D eigenvalue weighted by Gasteiger charge is -2.35. The van der Waals surface area contributed by atoms with E-state index in [-0.39, 0.29) is 0 Å². The maximum atomic E-state index is 6.04. The van der Waals surface area contributed by atoms with Crippen molar-refractivity contribution in [3.8, 4) is 0 Å². The third-order valence-electron chi connectivity index (χ3n) is 3.40. The third kappa shape index (κ3) is 3.44. The summed E-state index contributed by atoms with van der Waals surface area (Å²) in [6.07, 6.45) is 3.79. The molecule has 1 aliphatic heterocycles. The first kappa shape index (κ1) is 13.3. The van der Waals surface area contributed by atoms with Crippen molar-refractivity contribution in [3.63, 3.8) is 0 Å². The molecule has 1 fully saturated rings. The highest BCUT2D eigenvalue weighted by molar-refractivity contribution is 9.10. The zero-order valence-electron chi connectivity index (χ0n) is 9.83. The van der Waals surface area contributed by atoms with Crippen LogP contribution in [0.5, 0.6) is 0 Å². The van der Waals surface area contributed by atoms with E-state index in [9.17, 15) is 0 Å². The highest BCUT2D eigenvalue weighted by atomic mass is 79.9. The van der Waals surface area contributed by atoms with E-state index in [2.05, 4.69) is 20.8 Å². The summed E-state index contributed by atoms with van der Waals surface area (Å²) in [5.74, 6) is 0. The number of benzene rings is 1. The summed E-state index contributed by atoms with van der Waals surface area (Å²) < 4.78 is 1.13. The Labute approximate surface area is 116 Å². The average molecular weight is 318 g/mol. The molecule has 1 heterocycles. The van der Waals surface area contributed by atoms with Crippen LogP contribution >= 0.6 is 27.5 Å². The van der Waals surface area contributed by atoms with E-state index in [0.717, 1.165) is 29.1 Å². The van der Waals surface area contributed by atoms with Crippen LogP contribution in [0, 0.1) is 0 Å². The molecular weight excluding hydrogens is 300 g/mol. The van der Waals surface area contributed by atoms with Crippen molar-refractivity contribution in [2.75, 3.05) is 13.1 Å². The summed E-state index contributed by atoms with van der Waals surface area (Å²) in [7, 11) is 0. The fourth-order valence-corrected chi connectivity index (χ4v) is 2.99. The molecule has 1 atom stereocenters. The molecule has 1 aliphatic rings. The van der Waals surface area contributed by atoms with Gasteiger partial charge in [0, 0.05) is 28.6 Å². The molecule has 1 aromatic rings. The molecule has 2 rings (SSSR count). The standard InChI is InChI=1S/C13H18BrClN2/c14-13-5-4-11(15)7-10(13)9-17-6-2-1-3-12(17)8-16/h4-5,7,12H,1-3,6,8-9,16H2. The monoisotopic (exact) mass is 316 g/mol. The van der Waals surface area contributed by atoms with Crippen LogP contribution in [0.2, 0.25) is 5.02 Å². The van der Waals surface area contributed by atoms with Crippen LogP contribution in [-0.2, 0) is 6.54 Å². The van der Waals surface area contributed by atoms with Crippen molar-refractivity contribution in [1.29, 1.82) is 0 Å². The van der Waals surface area contributed by atoms with Crippen LogP contribution in [0.15, 0.2) is 22.7 Å². The molecule has 17 heavy (non-hydrogen) atoms. The number of nitrogens with two attached hydrogens (primary N) is 1. The van der Waals surface area contributed by atoms with Gasteiger partial charge in [-0.25, -0.2) is 0 Å². The largest absolute Gasteiger partial charge is 0.329 e. The number of nitrogens with zero attached hydrogens (tertiary/aromatic N) is 1. The van der Waals surface area contributed by atoms with Crippen LogP contribution in [-0.4, -0.2) is 24.0 Å². The lowest BCUT2D eigenvalue weighted by molar-refractivity contribution is 0.144. The highest BCUT2D eigenvalue weighted by Crippen LogP contribution is 2.25. The number of hydrogen-bond acceptors (Lipinski definition) is 2. The number of piperidine rings is 1. The van der Waals surface area contributed by atoms with Gasteiger partial charge in [-0.05, 0) is 43.1 Å². The molecule has 4 heteroatoms. The van der Waals surface area contributed by atoms with Crippen molar-refractivity contribution >= 4 is 27.5 Å². The molecule has 0 bridgehead atoms. The van der Waals surface area contributed by atoms with Crippen LogP contribution in [0.25, 0.3) is 0 Å².